The molecule has 0 spiro atoms. The molecule has 2 aromatic rings. The summed E-state index contributed by atoms with van der Waals surface area (Å²) in [4.78, 5) is 0.629. The number of rotatable bonds is 4. The molecular weight excluding hydrogens is 275 g/mol. The quantitative estimate of drug-likeness (QED) is 0.937. The van der Waals surface area contributed by atoms with Crippen molar-refractivity contribution in [2.24, 2.45) is 0 Å². The van der Waals surface area contributed by atoms with Gasteiger partial charge in [0.05, 0.1) is 10.6 Å². The second-order valence-corrected chi connectivity index (χ2v) is 5.10. The van der Waals surface area contributed by atoms with Crippen LogP contribution in [0.5, 0.6) is 0 Å². The molecule has 18 heavy (non-hydrogen) atoms. The second-order valence-electron chi connectivity index (χ2n) is 3.90. The lowest BCUT2D eigenvalue weighted by Gasteiger charge is -2.11. The number of nitrogens with zero attached hydrogens (tertiary/aromatic N) is 2. The standard InChI is InChI=1S/C12H12ClFN2OS/c1-2-3-10-12(18-16-15-10)11(17)8-6-7(14)4-5-9(8)13/h4-6,11,17H,2-3H2,1H3. The highest BCUT2D eigenvalue weighted by atomic mass is 35.5. The average molecular weight is 287 g/mol. The van der Waals surface area contributed by atoms with Crippen LogP contribution in [0.4, 0.5) is 4.39 Å². The van der Waals surface area contributed by atoms with E-state index in [-0.39, 0.29) is 0 Å². The van der Waals surface area contributed by atoms with E-state index in [0.717, 1.165) is 30.1 Å². The fourth-order valence-corrected chi connectivity index (χ4v) is 2.62. The van der Waals surface area contributed by atoms with Crippen LogP contribution in [0.1, 0.15) is 35.6 Å². The van der Waals surface area contributed by atoms with Crippen molar-refractivity contribution in [3.8, 4) is 0 Å². The molecule has 1 N–H and O–H groups in total. The van der Waals surface area contributed by atoms with E-state index in [4.69, 9.17) is 11.6 Å². The Balaban J connectivity index is 2.38. The minimum atomic E-state index is -0.977. The van der Waals surface area contributed by atoms with Crippen molar-refractivity contribution in [2.75, 3.05) is 0 Å². The average Bonchev–Trinajstić information content (AvgIpc) is 2.80. The molecule has 0 fully saturated rings. The Morgan fingerprint density at radius 2 is 2.28 bits per heavy atom. The third-order valence-corrected chi connectivity index (χ3v) is 3.74. The molecule has 1 aromatic carbocycles. The largest absolute Gasteiger partial charge is 0.383 e. The fraction of sp³-hybridized carbons (Fsp3) is 0.333. The van der Waals surface area contributed by atoms with Gasteiger partial charge in [-0.1, -0.05) is 29.4 Å². The molecule has 6 heteroatoms. The molecule has 3 nitrogen and oxygen atoms in total. The number of aliphatic hydroxyl groups is 1. The van der Waals surface area contributed by atoms with Crippen LogP contribution in [0.2, 0.25) is 5.02 Å². The molecule has 96 valence electrons. The number of hydrogen-bond acceptors (Lipinski definition) is 4. The van der Waals surface area contributed by atoms with Gasteiger partial charge < -0.3 is 5.11 Å². The van der Waals surface area contributed by atoms with Crippen molar-refractivity contribution in [3.05, 3.63) is 45.2 Å². The Labute approximate surface area is 113 Å². The zero-order valence-corrected chi connectivity index (χ0v) is 11.3. The van der Waals surface area contributed by atoms with Crippen molar-refractivity contribution >= 4 is 23.1 Å². The highest BCUT2D eigenvalue weighted by Crippen LogP contribution is 2.32. The Morgan fingerprint density at radius 1 is 1.50 bits per heavy atom. The maximum Gasteiger partial charge on any atom is 0.123 e. The maximum absolute atomic E-state index is 13.2. The molecular formula is C12H12ClFN2OS. The van der Waals surface area contributed by atoms with Crippen molar-refractivity contribution in [2.45, 2.75) is 25.9 Å². The Bertz CT molecular complexity index is 547. The third kappa shape index (κ3) is 2.68. The summed E-state index contributed by atoms with van der Waals surface area (Å²) in [5.41, 5.74) is 1.09. The van der Waals surface area contributed by atoms with Gasteiger partial charge in [0.2, 0.25) is 0 Å². The SMILES string of the molecule is CCCc1nnsc1C(O)c1cc(F)ccc1Cl. The van der Waals surface area contributed by atoms with Crippen molar-refractivity contribution < 1.29 is 9.50 Å². The molecule has 0 saturated carbocycles. The molecule has 0 bridgehead atoms. The van der Waals surface area contributed by atoms with Gasteiger partial charge in [0, 0.05) is 10.6 Å². The number of hydrogen-bond donors (Lipinski definition) is 1. The molecule has 1 unspecified atom stereocenters. The molecule has 0 aliphatic heterocycles. The van der Waals surface area contributed by atoms with E-state index in [9.17, 15) is 9.50 Å². The van der Waals surface area contributed by atoms with Crippen LogP contribution < -0.4 is 0 Å². The highest BCUT2D eigenvalue weighted by Gasteiger charge is 2.21. The molecule has 1 heterocycles. The fourth-order valence-electron chi connectivity index (χ4n) is 1.70. The normalized spacial score (nSPS) is 12.7. The molecule has 0 aliphatic carbocycles. The molecule has 1 aromatic heterocycles. The summed E-state index contributed by atoms with van der Waals surface area (Å²) in [7, 11) is 0. The predicted molar refractivity (Wildman–Crippen MR) is 69.4 cm³/mol. The van der Waals surface area contributed by atoms with Crippen LogP contribution in [-0.4, -0.2) is 14.7 Å². The summed E-state index contributed by atoms with van der Waals surface area (Å²) in [5.74, 6) is -0.428. The van der Waals surface area contributed by atoms with E-state index in [2.05, 4.69) is 9.59 Å². The first-order valence-corrected chi connectivity index (χ1v) is 6.72. The van der Waals surface area contributed by atoms with Gasteiger partial charge in [-0.25, -0.2) is 4.39 Å². The van der Waals surface area contributed by atoms with Crippen molar-refractivity contribution in [1.82, 2.24) is 9.59 Å². The van der Waals surface area contributed by atoms with Gasteiger partial charge in [-0.2, -0.15) is 0 Å². The summed E-state index contributed by atoms with van der Waals surface area (Å²) < 4.78 is 17.0. The lowest BCUT2D eigenvalue weighted by Crippen LogP contribution is -2.02. The van der Waals surface area contributed by atoms with Gasteiger partial charge in [0.25, 0.3) is 0 Å². The third-order valence-electron chi connectivity index (χ3n) is 2.57. The first-order valence-electron chi connectivity index (χ1n) is 5.57. The van der Waals surface area contributed by atoms with E-state index in [1.165, 1.54) is 18.2 Å². The van der Waals surface area contributed by atoms with Gasteiger partial charge in [-0.3, -0.25) is 0 Å². The monoisotopic (exact) mass is 286 g/mol. The summed E-state index contributed by atoms with van der Waals surface area (Å²) in [6.07, 6.45) is 0.660. The Morgan fingerprint density at radius 3 is 3.00 bits per heavy atom. The van der Waals surface area contributed by atoms with Crippen LogP contribution in [-0.2, 0) is 6.42 Å². The number of benzene rings is 1. The van der Waals surface area contributed by atoms with Crippen molar-refractivity contribution in [1.29, 1.82) is 0 Å². The van der Waals surface area contributed by atoms with Crippen LogP contribution in [0.15, 0.2) is 18.2 Å². The van der Waals surface area contributed by atoms with E-state index in [1.807, 2.05) is 6.92 Å². The summed E-state index contributed by atoms with van der Waals surface area (Å²) in [6.45, 7) is 2.02. The number of aryl methyl sites for hydroxylation is 1. The van der Waals surface area contributed by atoms with E-state index < -0.39 is 11.9 Å². The minimum Gasteiger partial charge on any atom is -0.383 e. The van der Waals surface area contributed by atoms with Gasteiger partial charge in [-0.15, -0.1) is 5.10 Å². The summed E-state index contributed by atoms with van der Waals surface area (Å²) in [6, 6.07) is 3.93. The van der Waals surface area contributed by atoms with E-state index in [0.29, 0.717) is 15.5 Å². The molecule has 0 amide bonds. The zero-order chi connectivity index (χ0) is 13.1. The smallest absolute Gasteiger partial charge is 0.123 e. The van der Waals surface area contributed by atoms with Crippen LogP contribution in [0, 0.1) is 5.82 Å². The predicted octanol–water partition coefficient (Wildman–Crippen LogP) is 3.36. The molecule has 0 radical (unpaired) electrons. The van der Waals surface area contributed by atoms with E-state index >= 15 is 0 Å². The lowest BCUT2D eigenvalue weighted by atomic mass is 10.1. The first kappa shape index (κ1) is 13.4. The zero-order valence-electron chi connectivity index (χ0n) is 9.73. The first-order chi connectivity index (χ1) is 8.63. The van der Waals surface area contributed by atoms with Crippen LogP contribution >= 0.6 is 23.1 Å². The molecule has 1 atom stereocenters. The van der Waals surface area contributed by atoms with Gasteiger partial charge >= 0.3 is 0 Å². The van der Waals surface area contributed by atoms with Gasteiger partial charge in [0.1, 0.15) is 11.9 Å². The van der Waals surface area contributed by atoms with Gasteiger partial charge in [-0.05, 0) is 36.2 Å². The topological polar surface area (TPSA) is 46.0 Å². The highest BCUT2D eigenvalue weighted by molar-refractivity contribution is 7.05. The second kappa shape index (κ2) is 5.73. The number of halogens is 2. The molecule has 0 aliphatic rings. The summed E-state index contributed by atoms with van der Waals surface area (Å²) >= 11 is 7.09. The van der Waals surface area contributed by atoms with Crippen LogP contribution in [0.25, 0.3) is 0 Å². The van der Waals surface area contributed by atoms with Crippen molar-refractivity contribution in [3.63, 3.8) is 0 Å². The van der Waals surface area contributed by atoms with Gasteiger partial charge in [0.15, 0.2) is 0 Å². The summed E-state index contributed by atoms with van der Waals surface area (Å²) in [5, 5.41) is 14.6. The number of aromatic nitrogens is 2. The Hall–Kier alpha value is -1.04. The molecule has 0 saturated heterocycles. The van der Waals surface area contributed by atoms with E-state index in [1.54, 1.807) is 0 Å². The number of aliphatic hydroxyl groups excluding tert-OH is 1. The maximum atomic E-state index is 13.2. The molecule has 2 rings (SSSR count). The lowest BCUT2D eigenvalue weighted by molar-refractivity contribution is 0.222. The minimum absolute atomic E-state index is 0.333. The Kier molecular flexibility index (Phi) is 4.27. The van der Waals surface area contributed by atoms with Crippen LogP contribution in [0.3, 0.4) is 0 Å².